The van der Waals surface area contributed by atoms with Crippen LogP contribution in [0.5, 0.6) is 5.88 Å². The highest BCUT2D eigenvalue weighted by Gasteiger charge is 2.16. The van der Waals surface area contributed by atoms with Gasteiger partial charge in [-0.1, -0.05) is 11.6 Å². The minimum Gasteiger partial charge on any atom is -0.481 e. The van der Waals surface area contributed by atoms with Crippen LogP contribution < -0.4 is 9.64 Å². The number of benzene rings is 1. The number of ether oxygens (including phenoxy) is 2. The second kappa shape index (κ2) is 7.35. The molecular formula is C19H19ClN4O2. The molecule has 26 heavy (non-hydrogen) atoms. The van der Waals surface area contributed by atoms with Crippen molar-refractivity contribution in [1.82, 2.24) is 14.5 Å². The molecule has 0 saturated carbocycles. The minimum absolute atomic E-state index is 0.546. The largest absolute Gasteiger partial charge is 0.481 e. The zero-order valence-electron chi connectivity index (χ0n) is 14.4. The van der Waals surface area contributed by atoms with E-state index in [2.05, 4.69) is 20.9 Å². The summed E-state index contributed by atoms with van der Waals surface area (Å²) < 4.78 is 12.7. The average molecular weight is 371 g/mol. The lowest BCUT2D eigenvalue weighted by molar-refractivity contribution is 0.122. The van der Waals surface area contributed by atoms with Crippen molar-refractivity contribution in [2.75, 3.05) is 38.3 Å². The van der Waals surface area contributed by atoms with E-state index < -0.39 is 0 Å². The first-order valence-electron chi connectivity index (χ1n) is 8.42. The first-order valence-corrected chi connectivity index (χ1v) is 8.80. The fourth-order valence-corrected chi connectivity index (χ4v) is 3.28. The number of nitrogens with zero attached hydrogens (tertiary/aromatic N) is 4. The summed E-state index contributed by atoms with van der Waals surface area (Å²) in [4.78, 5) is 11.0. The zero-order valence-corrected chi connectivity index (χ0v) is 15.2. The highest BCUT2D eigenvalue weighted by Crippen LogP contribution is 2.31. The predicted molar refractivity (Wildman–Crippen MR) is 101 cm³/mol. The van der Waals surface area contributed by atoms with Gasteiger partial charge in [-0.2, -0.15) is 0 Å². The summed E-state index contributed by atoms with van der Waals surface area (Å²) in [6.07, 6.45) is 5.38. The van der Waals surface area contributed by atoms with Gasteiger partial charge < -0.3 is 14.4 Å². The third-order valence-corrected chi connectivity index (χ3v) is 4.73. The standard InChI is InChI=1S/C19H19ClN4O2/c1-25-18-12-14(4-5-21-18)19-22-6-7-24(19)17-13-15(2-3-16(17)20)23-8-10-26-11-9-23/h2-7,12-13H,8-11H2,1H3. The van der Waals surface area contributed by atoms with E-state index in [9.17, 15) is 0 Å². The maximum atomic E-state index is 6.52. The summed E-state index contributed by atoms with van der Waals surface area (Å²) in [7, 11) is 1.60. The van der Waals surface area contributed by atoms with Gasteiger partial charge in [0.25, 0.3) is 0 Å². The predicted octanol–water partition coefficient (Wildman–Crippen LogP) is 3.43. The van der Waals surface area contributed by atoms with E-state index in [4.69, 9.17) is 21.1 Å². The Morgan fingerprint density at radius 3 is 2.73 bits per heavy atom. The molecule has 0 amide bonds. The van der Waals surface area contributed by atoms with Crippen LogP contribution >= 0.6 is 11.6 Å². The number of hydrogen-bond donors (Lipinski definition) is 0. The maximum absolute atomic E-state index is 6.52. The van der Waals surface area contributed by atoms with E-state index in [1.54, 1.807) is 19.5 Å². The van der Waals surface area contributed by atoms with Gasteiger partial charge in [0.1, 0.15) is 5.82 Å². The molecule has 3 heterocycles. The van der Waals surface area contributed by atoms with Crippen LogP contribution in [0.4, 0.5) is 5.69 Å². The third kappa shape index (κ3) is 3.25. The number of hydrogen-bond acceptors (Lipinski definition) is 5. The normalized spacial score (nSPS) is 14.5. The molecule has 2 aromatic heterocycles. The van der Waals surface area contributed by atoms with Crippen molar-refractivity contribution in [1.29, 1.82) is 0 Å². The number of morpholine rings is 1. The summed E-state index contributed by atoms with van der Waals surface area (Å²) in [6, 6.07) is 9.83. The zero-order chi connectivity index (χ0) is 17.9. The Kier molecular flexibility index (Phi) is 4.77. The molecule has 1 aliphatic rings. The molecule has 0 N–H and O–H groups in total. The van der Waals surface area contributed by atoms with Crippen LogP contribution in [0.25, 0.3) is 17.1 Å². The van der Waals surface area contributed by atoms with E-state index in [-0.39, 0.29) is 0 Å². The fourth-order valence-electron chi connectivity index (χ4n) is 3.08. The molecule has 1 aliphatic heterocycles. The smallest absolute Gasteiger partial charge is 0.213 e. The molecule has 6 nitrogen and oxygen atoms in total. The molecule has 1 fully saturated rings. The third-order valence-electron chi connectivity index (χ3n) is 4.41. The lowest BCUT2D eigenvalue weighted by Crippen LogP contribution is -2.36. The molecule has 0 unspecified atom stereocenters. The van der Waals surface area contributed by atoms with Crippen LogP contribution in [0, 0.1) is 0 Å². The van der Waals surface area contributed by atoms with Crippen molar-refractivity contribution >= 4 is 17.3 Å². The number of halogens is 1. The van der Waals surface area contributed by atoms with Crippen molar-refractivity contribution in [2.45, 2.75) is 0 Å². The second-order valence-electron chi connectivity index (χ2n) is 5.94. The van der Waals surface area contributed by atoms with E-state index in [0.717, 1.165) is 49.1 Å². The lowest BCUT2D eigenvalue weighted by atomic mass is 10.2. The quantitative estimate of drug-likeness (QED) is 0.704. The van der Waals surface area contributed by atoms with Crippen molar-refractivity contribution in [3.05, 3.63) is 53.9 Å². The Morgan fingerprint density at radius 2 is 1.92 bits per heavy atom. The fraction of sp³-hybridized carbons (Fsp3) is 0.263. The first kappa shape index (κ1) is 16.9. The van der Waals surface area contributed by atoms with Gasteiger partial charge in [-0.25, -0.2) is 9.97 Å². The van der Waals surface area contributed by atoms with Gasteiger partial charge in [-0.3, -0.25) is 4.57 Å². The van der Waals surface area contributed by atoms with E-state index in [1.165, 1.54) is 0 Å². The Balaban J connectivity index is 1.75. The number of rotatable bonds is 4. The summed E-state index contributed by atoms with van der Waals surface area (Å²) in [5.41, 5.74) is 2.92. The average Bonchev–Trinajstić information content (AvgIpc) is 3.19. The Hall–Kier alpha value is -2.57. The molecule has 1 aromatic carbocycles. The van der Waals surface area contributed by atoms with Gasteiger partial charge in [0.2, 0.25) is 5.88 Å². The van der Waals surface area contributed by atoms with Gasteiger partial charge in [0.15, 0.2) is 0 Å². The van der Waals surface area contributed by atoms with Gasteiger partial charge in [0.05, 0.1) is 31.0 Å². The van der Waals surface area contributed by atoms with Crippen molar-refractivity contribution < 1.29 is 9.47 Å². The van der Waals surface area contributed by atoms with Crippen molar-refractivity contribution in [3.63, 3.8) is 0 Å². The molecule has 7 heteroatoms. The molecule has 0 aliphatic carbocycles. The maximum Gasteiger partial charge on any atom is 0.213 e. The number of imidazole rings is 1. The van der Waals surface area contributed by atoms with E-state index in [0.29, 0.717) is 10.9 Å². The number of methoxy groups -OCH3 is 1. The monoisotopic (exact) mass is 370 g/mol. The van der Waals surface area contributed by atoms with Crippen LogP contribution in [-0.2, 0) is 4.74 Å². The van der Waals surface area contributed by atoms with Crippen LogP contribution in [0.2, 0.25) is 5.02 Å². The molecule has 134 valence electrons. The van der Waals surface area contributed by atoms with Gasteiger partial charge in [-0.05, 0) is 24.3 Å². The molecule has 1 saturated heterocycles. The number of pyridine rings is 1. The van der Waals surface area contributed by atoms with Crippen LogP contribution in [-0.4, -0.2) is 47.9 Å². The van der Waals surface area contributed by atoms with Crippen LogP contribution in [0.15, 0.2) is 48.9 Å². The van der Waals surface area contributed by atoms with Crippen LogP contribution in [0.1, 0.15) is 0 Å². The second-order valence-corrected chi connectivity index (χ2v) is 6.35. The number of anilines is 1. The molecule has 0 atom stereocenters. The first-order chi connectivity index (χ1) is 12.8. The van der Waals surface area contributed by atoms with Crippen molar-refractivity contribution in [3.8, 4) is 23.0 Å². The molecule has 3 aromatic rings. The molecule has 0 bridgehead atoms. The van der Waals surface area contributed by atoms with Crippen LogP contribution in [0.3, 0.4) is 0 Å². The highest BCUT2D eigenvalue weighted by atomic mass is 35.5. The minimum atomic E-state index is 0.546. The SMILES string of the molecule is COc1cc(-c2nccn2-c2cc(N3CCOCC3)ccc2Cl)ccn1. The van der Waals surface area contributed by atoms with Gasteiger partial charge in [-0.15, -0.1) is 0 Å². The summed E-state index contributed by atoms with van der Waals surface area (Å²) in [5, 5.41) is 0.669. The summed E-state index contributed by atoms with van der Waals surface area (Å²) in [5.74, 6) is 1.33. The molecular weight excluding hydrogens is 352 g/mol. The Bertz CT molecular complexity index is 906. The number of aromatic nitrogens is 3. The Morgan fingerprint density at radius 1 is 1.08 bits per heavy atom. The molecule has 0 spiro atoms. The highest BCUT2D eigenvalue weighted by molar-refractivity contribution is 6.32. The Labute approximate surface area is 157 Å². The van der Waals surface area contributed by atoms with Crippen molar-refractivity contribution in [2.24, 2.45) is 0 Å². The molecule has 0 radical (unpaired) electrons. The topological polar surface area (TPSA) is 52.4 Å². The van der Waals surface area contributed by atoms with Gasteiger partial charge in [0, 0.05) is 49.0 Å². The lowest BCUT2D eigenvalue weighted by Gasteiger charge is -2.29. The van der Waals surface area contributed by atoms with E-state index >= 15 is 0 Å². The summed E-state index contributed by atoms with van der Waals surface area (Å²) in [6.45, 7) is 3.23. The van der Waals surface area contributed by atoms with E-state index in [1.807, 2.05) is 35.0 Å². The van der Waals surface area contributed by atoms with Gasteiger partial charge >= 0.3 is 0 Å². The molecule has 4 rings (SSSR count). The summed E-state index contributed by atoms with van der Waals surface area (Å²) >= 11 is 6.52.